The molecule has 0 radical (unpaired) electrons. The van der Waals surface area contributed by atoms with Crippen LogP contribution in [0.1, 0.15) is 5.56 Å². The van der Waals surface area contributed by atoms with E-state index in [1.165, 1.54) is 5.56 Å². The summed E-state index contributed by atoms with van der Waals surface area (Å²) in [5.41, 5.74) is 2.04. The summed E-state index contributed by atoms with van der Waals surface area (Å²) >= 11 is 5.72. The van der Waals surface area contributed by atoms with Crippen molar-refractivity contribution in [2.75, 3.05) is 5.32 Å². The van der Waals surface area contributed by atoms with Crippen molar-refractivity contribution in [3.8, 4) is 5.75 Å². The second-order valence-electron chi connectivity index (χ2n) is 3.51. The molecule has 0 unspecified atom stereocenters. The van der Waals surface area contributed by atoms with Crippen molar-refractivity contribution in [2.24, 2.45) is 0 Å². The highest BCUT2D eigenvalue weighted by molar-refractivity contribution is 6.32. The molecule has 0 saturated carbocycles. The van der Waals surface area contributed by atoms with Gasteiger partial charge in [-0.3, -0.25) is 0 Å². The van der Waals surface area contributed by atoms with Crippen LogP contribution in [0.4, 0.5) is 5.69 Å². The van der Waals surface area contributed by atoms with Gasteiger partial charge >= 0.3 is 0 Å². The molecular formula is C13H12ClNO. The number of hydrogen-bond donors (Lipinski definition) is 2. The first kappa shape index (κ1) is 10.8. The van der Waals surface area contributed by atoms with Crippen molar-refractivity contribution in [1.82, 2.24) is 0 Å². The van der Waals surface area contributed by atoms with E-state index in [0.29, 0.717) is 5.02 Å². The maximum Gasteiger partial charge on any atom is 0.136 e. The number of phenolic OH excluding ortho intramolecular Hbond substituents is 1. The number of aromatic hydroxyl groups is 1. The van der Waals surface area contributed by atoms with Crippen molar-refractivity contribution < 1.29 is 5.11 Å². The molecule has 0 heterocycles. The number of phenols is 1. The van der Waals surface area contributed by atoms with E-state index >= 15 is 0 Å². The van der Waals surface area contributed by atoms with Crippen LogP contribution < -0.4 is 5.32 Å². The Hall–Kier alpha value is -1.67. The molecule has 2 N–H and O–H groups in total. The number of nitrogens with one attached hydrogen (secondary N) is 1. The van der Waals surface area contributed by atoms with Gasteiger partial charge in [0.15, 0.2) is 0 Å². The number of benzene rings is 2. The lowest BCUT2D eigenvalue weighted by molar-refractivity contribution is 0.476. The Morgan fingerprint density at radius 3 is 2.50 bits per heavy atom. The first-order valence-corrected chi connectivity index (χ1v) is 5.40. The number of hydrogen-bond acceptors (Lipinski definition) is 2. The summed E-state index contributed by atoms with van der Waals surface area (Å²) in [7, 11) is 0. The van der Waals surface area contributed by atoms with Gasteiger partial charge in [-0.05, 0) is 17.7 Å². The highest BCUT2D eigenvalue weighted by atomic mass is 35.5. The van der Waals surface area contributed by atoms with Crippen LogP contribution in [0.3, 0.4) is 0 Å². The van der Waals surface area contributed by atoms with Crippen LogP contribution in [-0.4, -0.2) is 5.11 Å². The Labute approximate surface area is 99.5 Å². The van der Waals surface area contributed by atoms with E-state index in [2.05, 4.69) is 5.32 Å². The van der Waals surface area contributed by atoms with Crippen LogP contribution >= 0.6 is 11.6 Å². The van der Waals surface area contributed by atoms with Gasteiger partial charge in [0.2, 0.25) is 0 Å². The topological polar surface area (TPSA) is 32.3 Å². The van der Waals surface area contributed by atoms with E-state index in [0.717, 1.165) is 12.2 Å². The van der Waals surface area contributed by atoms with Gasteiger partial charge in [-0.25, -0.2) is 0 Å². The Morgan fingerprint density at radius 2 is 1.81 bits per heavy atom. The van der Waals surface area contributed by atoms with E-state index in [-0.39, 0.29) is 5.75 Å². The molecule has 3 heteroatoms. The summed E-state index contributed by atoms with van der Waals surface area (Å²) < 4.78 is 0. The summed E-state index contributed by atoms with van der Waals surface area (Å²) in [5, 5.41) is 13.0. The van der Waals surface area contributed by atoms with Crippen LogP contribution in [0.25, 0.3) is 0 Å². The third kappa shape index (κ3) is 2.67. The Balaban J connectivity index is 2.03. The molecule has 2 aromatic rings. The van der Waals surface area contributed by atoms with Crippen molar-refractivity contribution in [3.63, 3.8) is 0 Å². The molecular weight excluding hydrogens is 222 g/mol. The number of halogens is 1. The maximum atomic E-state index is 9.43. The van der Waals surface area contributed by atoms with Crippen LogP contribution in [0.15, 0.2) is 48.5 Å². The maximum absolute atomic E-state index is 9.43. The molecule has 0 aliphatic rings. The van der Waals surface area contributed by atoms with Gasteiger partial charge in [-0.2, -0.15) is 0 Å². The molecule has 0 aliphatic heterocycles. The Bertz CT molecular complexity index is 471. The van der Waals surface area contributed by atoms with Crippen molar-refractivity contribution in [3.05, 3.63) is 59.1 Å². The second-order valence-corrected chi connectivity index (χ2v) is 3.91. The highest BCUT2D eigenvalue weighted by Gasteiger charge is 1.99. The van der Waals surface area contributed by atoms with Crippen LogP contribution in [0, 0.1) is 0 Å². The fraction of sp³-hybridized carbons (Fsp3) is 0.0769. The van der Waals surface area contributed by atoms with Gasteiger partial charge in [-0.1, -0.05) is 41.9 Å². The quantitative estimate of drug-likeness (QED) is 0.848. The lowest BCUT2D eigenvalue weighted by Crippen LogP contribution is -1.98. The summed E-state index contributed by atoms with van der Waals surface area (Å²) in [6, 6.07) is 15.2. The van der Waals surface area contributed by atoms with E-state index in [9.17, 15) is 5.11 Å². The molecule has 2 nitrogen and oxygen atoms in total. The SMILES string of the molecule is Oc1cc(NCc2ccccc2)ccc1Cl. The molecule has 82 valence electrons. The largest absolute Gasteiger partial charge is 0.506 e. The summed E-state index contributed by atoms with van der Waals surface area (Å²) in [5.74, 6) is 0.0970. The van der Waals surface area contributed by atoms with E-state index < -0.39 is 0 Å². The van der Waals surface area contributed by atoms with Gasteiger partial charge in [0.05, 0.1) is 5.02 Å². The van der Waals surface area contributed by atoms with Crippen molar-refractivity contribution in [1.29, 1.82) is 0 Å². The van der Waals surface area contributed by atoms with Crippen LogP contribution in [0.2, 0.25) is 5.02 Å². The Kier molecular flexibility index (Phi) is 3.32. The standard InChI is InChI=1S/C13H12ClNO/c14-12-7-6-11(8-13(12)16)15-9-10-4-2-1-3-5-10/h1-8,15-16H,9H2. The third-order valence-corrected chi connectivity index (χ3v) is 2.61. The van der Waals surface area contributed by atoms with Gasteiger partial charge < -0.3 is 10.4 Å². The van der Waals surface area contributed by atoms with Gasteiger partial charge in [0.1, 0.15) is 5.75 Å². The third-order valence-electron chi connectivity index (χ3n) is 2.29. The zero-order valence-electron chi connectivity index (χ0n) is 8.65. The predicted molar refractivity (Wildman–Crippen MR) is 66.9 cm³/mol. The van der Waals surface area contributed by atoms with E-state index in [4.69, 9.17) is 11.6 Å². The molecule has 0 aromatic heterocycles. The number of rotatable bonds is 3. The second kappa shape index (κ2) is 4.90. The minimum Gasteiger partial charge on any atom is -0.506 e. The van der Waals surface area contributed by atoms with Crippen molar-refractivity contribution >= 4 is 17.3 Å². The summed E-state index contributed by atoms with van der Waals surface area (Å²) in [6.45, 7) is 0.724. The minimum atomic E-state index is 0.0970. The Morgan fingerprint density at radius 1 is 1.06 bits per heavy atom. The summed E-state index contributed by atoms with van der Waals surface area (Å²) in [6.07, 6.45) is 0. The molecule has 0 fully saturated rings. The molecule has 0 atom stereocenters. The molecule has 2 aromatic carbocycles. The average molecular weight is 234 g/mol. The molecule has 0 saturated heterocycles. The smallest absolute Gasteiger partial charge is 0.136 e. The average Bonchev–Trinajstić information content (AvgIpc) is 2.32. The molecule has 0 bridgehead atoms. The van der Waals surface area contributed by atoms with E-state index in [1.54, 1.807) is 12.1 Å². The highest BCUT2D eigenvalue weighted by Crippen LogP contribution is 2.26. The lowest BCUT2D eigenvalue weighted by atomic mass is 10.2. The number of anilines is 1. The molecule has 0 aliphatic carbocycles. The monoisotopic (exact) mass is 233 g/mol. The normalized spacial score (nSPS) is 10.1. The molecule has 0 spiro atoms. The molecule has 2 rings (SSSR count). The van der Waals surface area contributed by atoms with Crippen LogP contribution in [-0.2, 0) is 6.54 Å². The summed E-state index contributed by atoms with van der Waals surface area (Å²) in [4.78, 5) is 0. The van der Waals surface area contributed by atoms with Gasteiger partial charge in [-0.15, -0.1) is 0 Å². The van der Waals surface area contributed by atoms with Gasteiger partial charge in [0, 0.05) is 18.3 Å². The molecule has 16 heavy (non-hydrogen) atoms. The first-order chi connectivity index (χ1) is 7.75. The zero-order valence-corrected chi connectivity index (χ0v) is 9.41. The zero-order chi connectivity index (χ0) is 11.4. The minimum absolute atomic E-state index is 0.0970. The molecule has 0 amide bonds. The van der Waals surface area contributed by atoms with Gasteiger partial charge in [0.25, 0.3) is 0 Å². The van der Waals surface area contributed by atoms with E-state index in [1.807, 2.05) is 36.4 Å². The first-order valence-electron chi connectivity index (χ1n) is 5.02. The predicted octanol–water partition coefficient (Wildman–Crippen LogP) is 3.66. The fourth-order valence-electron chi connectivity index (χ4n) is 1.42. The fourth-order valence-corrected chi connectivity index (χ4v) is 1.54. The lowest BCUT2D eigenvalue weighted by Gasteiger charge is -2.07. The van der Waals surface area contributed by atoms with Crippen molar-refractivity contribution in [2.45, 2.75) is 6.54 Å². The van der Waals surface area contributed by atoms with Crippen LogP contribution in [0.5, 0.6) is 5.75 Å².